The molecule has 0 aliphatic carbocycles. The van der Waals surface area contributed by atoms with Crippen LogP contribution in [0, 0.1) is 5.92 Å². The average Bonchev–Trinajstić information content (AvgIpc) is 3.20. The fourth-order valence-electron chi connectivity index (χ4n) is 3.65. The molecule has 0 spiro atoms. The quantitative estimate of drug-likeness (QED) is 0.933. The number of carbonyl (C=O) groups excluding carboxylic acids is 2. The number of para-hydroxylation sites is 1. The molecule has 6 heteroatoms. The van der Waals surface area contributed by atoms with Gasteiger partial charge in [-0.25, -0.2) is 10.4 Å². The van der Waals surface area contributed by atoms with Gasteiger partial charge in [-0.15, -0.1) is 11.3 Å². The number of likely N-dealkylation sites (tertiary alicyclic amines) is 1. The van der Waals surface area contributed by atoms with Gasteiger partial charge in [0.05, 0.1) is 18.2 Å². The highest BCUT2D eigenvalue weighted by atomic mass is 32.1. The summed E-state index contributed by atoms with van der Waals surface area (Å²) in [6.45, 7) is 2.57. The smallest absolute Gasteiger partial charge is 0.248 e. The molecule has 4 rings (SSSR count). The van der Waals surface area contributed by atoms with E-state index < -0.39 is 0 Å². The fourth-order valence-corrected chi connectivity index (χ4v) is 4.36. The zero-order chi connectivity index (χ0) is 16.7. The first-order valence-corrected chi connectivity index (χ1v) is 9.00. The van der Waals surface area contributed by atoms with Gasteiger partial charge < -0.3 is 4.90 Å². The third-order valence-corrected chi connectivity index (χ3v) is 5.74. The summed E-state index contributed by atoms with van der Waals surface area (Å²) in [6.07, 6.45) is 0.357. The molecule has 24 heavy (non-hydrogen) atoms. The molecular formula is C18H19N3O2S. The Balaban J connectivity index is 1.58. The largest absolute Gasteiger partial charge is 0.334 e. The lowest BCUT2D eigenvalue weighted by molar-refractivity contribution is -0.141. The molecule has 124 valence electrons. The SMILES string of the molecule is CC1C2C(=O)N(c3ccccc3)NC2CC(=O)N1Cc1cccs1. The standard InChI is InChI=1S/C18H19N3O2S/c1-12-17-15(10-16(22)20(12)11-14-8-5-9-24-14)19-21(18(17)23)13-6-3-2-4-7-13/h2-9,12,15,17,19H,10-11H2,1H3. The first-order chi connectivity index (χ1) is 11.6. The van der Waals surface area contributed by atoms with Crippen LogP contribution in [0.4, 0.5) is 5.69 Å². The summed E-state index contributed by atoms with van der Waals surface area (Å²) in [5, 5.41) is 3.62. The van der Waals surface area contributed by atoms with Crippen molar-refractivity contribution >= 4 is 28.8 Å². The number of nitrogens with one attached hydrogen (secondary N) is 1. The Labute approximate surface area is 144 Å². The minimum absolute atomic E-state index is 0.0439. The van der Waals surface area contributed by atoms with Crippen LogP contribution in [0.15, 0.2) is 47.8 Å². The first kappa shape index (κ1) is 15.4. The van der Waals surface area contributed by atoms with Crippen LogP contribution < -0.4 is 10.4 Å². The number of hydrogen-bond donors (Lipinski definition) is 1. The van der Waals surface area contributed by atoms with Crippen molar-refractivity contribution in [2.45, 2.75) is 32.0 Å². The molecule has 2 saturated heterocycles. The molecule has 2 fully saturated rings. The molecule has 2 aromatic rings. The molecule has 1 aromatic heterocycles. The van der Waals surface area contributed by atoms with Crippen molar-refractivity contribution in [2.75, 3.05) is 5.01 Å². The second-order valence-corrected chi connectivity index (χ2v) is 7.35. The Hall–Kier alpha value is -2.18. The van der Waals surface area contributed by atoms with Crippen LogP contribution >= 0.6 is 11.3 Å². The van der Waals surface area contributed by atoms with Gasteiger partial charge in [0.25, 0.3) is 0 Å². The maximum absolute atomic E-state index is 12.9. The lowest BCUT2D eigenvalue weighted by Crippen LogP contribution is -2.54. The lowest BCUT2D eigenvalue weighted by Gasteiger charge is -2.38. The van der Waals surface area contributed by atoms with Crippen LogP contribution in [-0.4, -0.2) is 28.8 Å². The summed E-state index contributed by atoms with van der Waals surface area (Å²) in [7, 11) is 0. The summed E-state index contributed by atoms with van der Waals surface area (Å²) < 4.78 is 0. The second-order valence-electron chi connectivity index (χ2n) is 6.32. The van der Waals surface area contributed by atoms with Gasteiger partial charge in [0.1, 0.15) is 0 Å². The van der Waals surface area contributed by atoms with Crippen LogP contribution in [0.3, 0.4) is 0 Å². The number of benzene rings is 1. The summed E-state index contributed by atoms with van der Waals surface area (Å²) in [4.78, 5) is 28.5. The molecule has 0 bridgehead atoms. The number of carbonyl (C=O) groups is 2. The van der Waals surface area contributed by atoms with Crippen LogP contribution in [-0.2, 0) is 16.1 Å². The van der Waals surface area contributed by atoms with E-state index in [4.69, 9.17) is 0 Å². The molecule has 1 N–H and O–H groups in total. The van der Waals surface area contributed by atoms with Crippen LogP contribution in [0.1, 0.15) is 18.2 Å². The summed E-state index contributed by atoms with van der Waals surface area (Å²) in [5.41, 5.74) is 4.06. The van der Waals surface area contributed by atoms with Crippen molar-refractivity contribution in [3.63, 3.8) is 0 Å². The van der Waals surface area contributed by atoms with Gasteiger partial charge in [0.2, 0.25) is 11.8 Å². The van der Waals surface area contributed by atoms with Gasteiger partial charge in [-0.3, -0.25) is 9.59 Å². The highest BCUT2D eigenvalue weighted by Gasteiger charge is 2.50. The summed E-state index contributed by atoms with van der Waals surface area (Å²) in [6, 6.07) is 13.3. The second kappa shape index (κ2) is 6.03. The van der Waals surface area contributed by atoms with E-state index in [1.165, 1.54) is 0 Å². The van der Waals surface area contributed by atoms with Crippen molar-refractivity contribution in [3.05, 3.63) is 52.7 Å². The van der Waals surface area contributed by atoms with Crippen molar-refractivity contribution in [1.29, 1.82) is 0 Å². The lowest BCUT2D eigenvalue weighted by atomic mass is 9.86. The normalized spacial score (nSPS) is 26.8. The molecule has 0 radical (unpaired) electrons. The van der Waals surface area contributed by atoms with Crippen LogP contribution in [0.25, 0.3) is 0 Å². The number of amides is 2. The predicted molar refractivity (Wildman–Crippen MR) is 93.3 cm³/mol. The molecule has 5 nitrogen and oxygen atoms in total. The maximum atomic E-state index is 12.9. The Morgan fingerprint density at radius 3 is 2.67 bits per heavy atom. The van der Waals surface area contributed by atoms with E-state index in [9.17, 15) is 9.59 Å². The molecule has 3 unspecified atom stereocenters. The summed E-state index contributed by atoms with van der Waals surface area (Å²) >= 11 is 1.64. The number of rotatable bonds is 3. The van der Waals surface area contributed by atoms with Gasteiger partial charge >= 0.3 is 0 Å². The van der Waals surface area contributed by atoms with Crippen molar-refractivity contribution in [2.24, 2.45) is 5.92 Å². The van der Waals surface area contributed by atoms with Crippen molar-refractivity contribution < 1.29 is 9.59 Å². The topological polar surface area (TPSA) is 52.7 Å². The van der Waals surface area contributed by atoms with Gasteiger partial charge in [-0.2, -0.15) is 0 Å². The monoisotopic (exact) mass is 341 g/mol. The Bertz CT molecular complexity index is 747. The van der Waals surface area contributed by atoms with E-state index >= 15 is 0 Å². The summed E-state index contributed by atoms with van der Waals surface area (Å²) in [5.74, 6) is -0.0578. The molecule has 0 saturated carbocycles. The van der Waals surface area contributed by atoms with Crippen LogP contribution in [0.5, 0.6) is 0 Å². The zero-order valence-corrected chi connectivity index (χ0v) is 14.2. The van der Waals surface area contributed by atoms with Gasteiger partial charge in [0.15, 0.2) is 0 Å². The minimum atomic E-state index is -0.206. The van der Waals surface area contributed by atoms with Crippen molar-refractivity contribution in [1.82, 2.24) is 10.3 Å². The van der Waals surface area contributed by atoms with Gasteiger partial charge in [-0.1, -0.05) is 24.3 Å². The third kappa shape index (κ3) is 2.52. The molecule has 2 aliphatic heterocycles. The Morgan fingerprint density at radius 2 is 1.96 bits per heavy atom. The molecule has 2 amide bonds. The third-order valence-electron chi connectivity index (χ3n) is 4.88. The number of anilines is 1. The molecule has 1 aromatic carbocycles. The number of fused-ring (bicyclic) bond motifs is 1. The molecule has 3 heterocycles. The predicted octanol–water partition coefficient (Wildman–Crippen LogP) is 2.41. The highest BCUT2D eigenvalue weighted by Crippen LogP contribution is 2.34. The van der Waals surface area contributed by atoms with E-state index in [0.29, 0.717) is 13.0 Å². The maximum Gasteiger partial charge on any atom is 0.248 e. The number of hydrogen-bond acceptors (Lipinski definition) is 4. The van der Waals surface area contributed by atoms with Gasteiger partial charge in [0, 0.05) is 23.4 Å². The van der Waals surface area contributed by atoms with Crippen LogP contribution in [0.2, 0.25) is 0 Å². The highest BCUT2D eigenvalue weighted by molar-refractivity contribution is 7.09. The Morgan fingerprint density at radius 1 is 1.17 bits per heavy atom. The fraction of sp³-hybridized carbons (Fsp3) is 0.333. The molecular weight excluding hydrogens is 322 g/mol. The minimum Gasteiger partial charge on any atom is -0.334 e. The van der Waals surface area contributed by atoms with E-state index in [0.717, 1.165) is 10.6 Å². The molecule has 2 aliphatic rings. The zero-order valence-electron chi connectivity index (χ0n) is 13.4. The number of thiophene rings is 1. The first-order valence-electron chi connectivity index (χ1n) is 8.12. The number of piperidine rings is 1. The van der Waals surface area contributed by atoms with Crippen molar-refractivity contribution in [3.8, 4) is 0 Å². The molecule has 3 atom stereocenters. The van der Waals surface area contributed by atoms with E-state index in [1.54, 1.807) is 16.3 Å². The number of hydrazine groups is 1. The van der Waals surface area contributed by atoms with E-state index in [1.807, 2.05) is 59.7 Å². The Kier molecular flexibility index (Phi) is 3.86. The average molecular weight is 341 g/mol. The van der Waals surface area contributed by atoms with E-state index in [-0.39, 0.29) is 29.8 Å². The number of nitrogens with zero attached hydrogens (tertiary/aromatic N) is 2. The van der Waals surface area contributed by atoms with Gasteiger partial charge in [-0.05, 0) is 30.5 Å². The van der Waals surface area contributed by atoms with E-state index in [2.05, 4.69) is 5.43 Å².